The van der Waals surface area contributed by atoms with Crippen LogP contribution in [0.5, 0.6) is 5.75 Å². The van der Waals surface area contributed by atoms with Crippen molar-refractivity contribution in [3.8, 4) is 5.75 Å². The molecule has 0 aliphatic rings. The van der Waals surface area contributed by atoms with Gasteiger partial charge in [0.05, 0.1) is 12.0 Å². The van der Waals surface area contributed by atoms with Crippen LogP contribution >= 0.6 is 15.9 Å². The van der Waals surface area contributed by atoms with Gasteiger partial charge in [-0.25, -0.2) is 8.42 Å². The molecule has 1 unspecified atom stereocenters. The zero-order chi connectivity index (χ0) is 21.6. The number of anilines is 1. The highest BCUT2D eigenvalue weighted by molar-refractivity contribution is 9.10. The summed E-state index contributed by atoms with van der Waals surface area (Å²) in [5, 5.41) is 2.78. The standard InChI is InChI=1S/C22H21BrN2O4S/c1-29-19-11-13-20(14-12-19)30(27,28)25-21(15-16-5-3-2-4-6-16)22(26)24-18-9-7-17(23)8-10-18/h2-14,21,25H,15H2,1H3,(H,24,26). The molecule has 0 saturated heterocycles. The molecule has 0 fully saturated rings. The first-order valence-electron chi connectivity index (χ1n) is 9.14. The fourth-order valence-corrected chi connectivity index (χ4v) is 4.27. The van der Waals surface area contributed by atoms with Gasteiger partial charge in [0.25, 0.3) is 0 Å². The molecule has 1 atom stereocenters. The number of hydrogen-bond donors (Lipinski definition) is 2. The summed E-state index contributed by atoms with van der Waals surface area (Å²) in [5.41, 5.74) is 1.41. The van der Waals surface area contributed by atoms with Crippen LogP contribution in [0.2, 0.25) is 0 Å². The van der Waals surface area contributed by atoms with Crippen LogP contribution in [-0.4, -0.2) is 27.5 Å². The average Bonchev–Trinajstić information content (AvgIpc) is 2.75. The monoisotopic (exact) mass is 488 g/mol. The second-order valence-electron chi connectivity index (χ2n) is 6.54. The van der Waals surface area contributed by atoms with Crippen molar-refractivity contribution < 1.29 is 17.9 Å². The lowest BCUT2D eigenvalue weighted by Gasteiger charge is -2.19. The summed E-state index contributed by atoms with van der Waals surface area (Å²) < 4.78 is 34.3. The van der Waals surface area contributed by atoms with Gasteiger partial charge in [0, 0.05) is 10.2 Å². The summed E-state index contributed by atoms with van der Waals surface area (Å²) in [6, 6.07) is 21.3. The molecule has 0 bridgehead atoms. The molecule has 156 valence electrons. The number of benzene rings is 3. The highest BCUT2D eigenvalue weighted by Gasteiger charge is 2.26. The molecular formula is C22H21BrN2O4S. The third-order valence-corrected chi connectivity index (χ3v) is 6.39. The zero-order valence-electron chi connectivity index (χ0n) is 16.2. The Morgan fingerprint density at radius 2 is 1.60 bits per heavy atom. The molecule has 2 N–H and O–H groups in total. The maximum atomic E-state index is 12.9. The Labute approximate surface area is 184 Å². The predicted octanol–water partition coefficient (Wildman–Crippen LogP) is 3.99. The fourth-order valence-electron chi connectivity index (χ4n) is 2.81. The Bertz CT molecular complexity index is 1090. The molecule has 0 heterocycles. The number of hydrogen-bond acceptors (Lipinski definition) is 4. The van der Waals surface area contributed by atoms with Gasteiger partial charge >= 0.3 is 0 Å². The van der Waals surface area contributed by atoms with Gasteiger partial charge in [-0.3, -0.25) is 4.79 Å². The lowest BCUT2D eigenvalue weighted by atomic mass is 10.1. The van der Waals surface area contributed by atoms with E-state index in [1.54, 1.807) is 36.4 Å². The highest BCUT2D eigenvalue weighted by Crippen LogP contribution is 2.18. The number of sulfonamides is 1. The van der Waals surface area contributed by atoms with Crippen molar-refractivity contribution in [2.24, 2.45) is 0 Å². The van der Waals surface area contributed by atoms with E-state index < -0.39 is 22.0 Å². The number of amides is 1. The van der Waals surface area contributed by atoms with E-state index in [4.69, 9.17) is 4.74 Å². The molecule has 0 radical (unpaired) electrons. The van der Waals surface area contributed by atoms with Gasteiger partial charge in [-0.1, -0.05) is 46.3 Å². The van der Waals surface area contributed by atoms with Crippen molar-refractivity contribution in [1.29, 1.82) is 0 Å². The van der Waals surface area contributed by atoms with Crippen molar-refractivity contribution >= 4 is 37.5 Å². The van der Waals surface area contributed by atoms with Gasteiger partial charge in [0.1, 0.15) is 11.8 Å². The Hall–Kier alpha value is -2.68. The molecule has 3 rings (SSSR count). The maximum Gasteiger partial charge on any atom is 0.242 e. The number of nitrogens with one attached hydrogen (secondary N) is 2. The van der Waals surface area contributed by atoms with E-state index in [9.17, 15) is 13.2 Å². The van der Waals surface area contributed by atoms with Gasteiger partial charge in [-0.2, -0.15) is 4.72 Å². The zero-order valence-corrected chi connectivity index (χ0v) is 18.6. The predicted molar refractivity (Wildman–Crippen MR) is 120 cm³/mol. The lowest BCUT2D eigenvalue weighted by molar-refractivity contribution is -0.117. The summed E-state index contributed by atoms with van der Waals surface area (Å²) in [4.78, 5) is 13.0. The van der Waals surface area contributed by atoms with Crippen LogP contribution in [0.4, 0.5) is 5.69 Å². The Kier molecular flexibility index (Phi) is 7.25. The summed E-state index contributed by atoms with van der Waals surface area (Å²) in [5.74, 6) is 0.0982. The van der Waals surface area contributed by atoms with E-state index in [-0.39, 0.29) is 11.3 Å². The van der Waals surface area contributed by atoms with Crippen molar-refractivity contribution in [2.75, 3.05) is 12.4 Å². The van der Waals surface area contributed by atoms with Crippen molar-refractivity contribution in [3.05, 3.63) is 88.9 Å². The first-order chi connectivity index (χ1) is 14.4. The second-order valence-corrected chi connectivity index (χ2v) is 9.16. The van der Waals surface area contributed by atoms with Crippen LogP contribution in [-0.2, 0) is 21.2 Å². The fraction of sp³-hybridized carbons (Fsp3) is 0.136. The first-order valence-corrected chi connectivity index (χ1v) is 11.4. The number of ether oxygens (including phenoxy) is 1. The van der Waals surface area contributed by atoms with E-state index in [1.807, 2.05) is 30.3 Å². The van der Waals surface area contributed by atoms with Crippen LogP contribution in [0.25, 0.3) is 0 Å². The second kappa shape index (κ2) is 9.88. The van der Waals surface area contributed by atoms with Crippen LogP contribution in [0.1, 0.15) is 5.56 Å². The van der Waals surface area contributed by atoms with E-state index in [0.29, 0.717) is 11.4 Å². The summed E-state index contributed by atoms with van der Waals surface area (Å²) in [6.45, 7) is 0. The van der Waals surface area contributed by atoms with Crippen molar-refractivity contribution in [2.45, 2.75) is 17.4 Å². The summed E-state index contributed by atoms with van der Waals surface area (Å²) >= 11 is 3.35. The third-order valence-electron chi connectivity index (χ3n) is 4.38. The van der Waals surface area contributed by atoms with Crippen molar-refractivity contribution in [3.63, 3.8) is 0 Å². The third kappa shape index (κ3) is 5.91. The Morgan fingerprint density at radius 1 is 0.967 bits per heavy atom. The molecule has 6 nitrogen and oxygen atoms in total. The molecule has 1 amide bonds. The van der Waals surface area contributed by atoms with E-state index in [1.165, 1.54) is 19.2 Å². The van der Waals surface area contributed by atoms with E-state index >= 15 is 0 Å². The van der Waals surface area contributed by atoms with Crippen LogP contribution in [0.3, 0.4) is 0 Å². The molecule has 0 aromatic heterocycles. The average molecular weight is 489 g/mol. The molecule has 30 heavy (non-hydrogen) atoms. The van der Waals surface area contributed by atoms with Gasteiger partial charge < -0.3 is 10.1 Å². The topological polar surface area (TPSA) is 84.5 Å². The Morgan fingerprint density at radius 3 is 2.20 bits per heavy atom. The summed E-state index contributed by atoms with van der Waals surface area (Å²) in [6.07, 6.45) is 0.207. The van der Waals surface area contributed by atoms with Gasteiger partial charge in [0.15, 0.2) is 0 Å². The minimum absolute atomic E-state index is 0.0535. The number of rotatable bonds is 8. The minimum Gasteiger partial charge on any atom is -0.497 e. The van der Waals surface area contributed by atoms with Gasteiger partial charge in [0.2, 0.25) is 15.9 Å². The molecular weight excluding hydrogens is 468 g/mol. The molecule has 3 aromatic carbocycles. The molecule has 0 saturated carbocycles. The van der Waals surface area contributed by atoms with Crippen molar-refractivity contribution in [1.82, 2.24) is 4.72 Å². The number of halogens is 1. The number of carbonyl (C=O) groups excluding carboxylic acids is 1. The largest absolute Gasteiger partial charge is 0.497 e. The summed E-state index contributed by atoms with van der Waals surface area (Å²) in [7, 11) is -2.42. The number of carbonyl (C=O) groups is 1. The molecule has 0 spiro atoms. The maximum absolute atomic E-state index is 12.9. The van der Waals surface area contributed by atoms with Crippen LogP contribution < -0.4 is 14.8 Å². The van der Waals surface area contributed by atoms with E-state index in [0.717, 1.165) is 10.0 Å². The number of methoxy groups -OCH3 is 1. The van der Waals surface area contributed by atoms with Crippen LogP contribution in [0, 0.1) is 0 Å². The van der Waals surface area contributed by atoms with Gasteiger partial charge in [-0.05, 0) is 60.5 Å². The molecule has 0 aliphatic carbocycles. The van der Waals surface area contributed by atoms with E-state index in [2.05, 4.69) is 26.0 Å². The van der Waals surface area contributed by atoms with Gasteiger partial charge in [-0.15, -0.1) is 0 Å². The smallest absolute Gasteiger partial charge is 0.242 e. The molecule has 8 heteroatoms. The normalized spacial score (nSPS) is 12.2. The van der Waals surface area contributed by atoms with Crippen LogP contribution in [0.15, 0.2) is 88.2 Å². The molecule has 0 aliphatic heterocycles. The highest BCUT2D eigenvalue weighted by atomic mass is 79.9. The first kappa shape index (κ1) is 22.0. The lowest BCUT2D eigenvalue weighted by Crippen LogP contribution is -2.45. The Balaban J connectivity index is 1.84. The molecule has 3 aromatic rings. The quantitative estimate of drug-likeness (QED) is 0.502. The SMILES string of the molecule is COc1ccc(S(=O)(=O)NC(Cc2ccccc2)C(=O)Nc2ccc(Br)cc2)cc1. The minimum atomic E-state index is -3.92.